The van der Waals surface area contributed by atoms with E-state index in [1.165, 1.54) is 0 Å². The summed E-state index contributed by atoms with van der Waals surface area (Å²) in [5, 5.41) is 14.3. The Kier molecular flexibility index (Phi) is 4.62. The molecule has 0 saturated carbocycles. The number of ether oxygens (including phenoxy) is 1. The quantitative estimate of drug-likeness (QED) is 0.850. The summed E-state index contributed by atoms with van der Waals surface area (Å²) in [6, 6.07) is 8.60. The lowest BCUT2D eigenvalue weighted by molar-refractivity contribution is 0.0934. The van der Waals surface area contributed by atoms with E-state index in [4.69, 9.17) is 4.74 Å². The van der Waals surface area contributed by atoms with E-state index in [9.17, 15) is 0 Å². The molecule has 1 unspecified atom stereocenters. The zero-order chi connectivity index (χ0) is 14.5. The molecule has 3 rings (SSSR count). The van der Waals surface area contributed by atoms with Gasteiger partial charge in [0.15, 0.2) is 5.82 Å². The molecule has 1 N–H and O–H groups in total. The molecule has 21 heavy (non-hydrogen) atoms. The summed E-state index contributed by atoms with van der Waals surface area (Å²) in [5.74, 6) is 0.972. The lowest BCUT2D eigenvalue weighted by Gasteiger charge is -2.36. The molecular weight excluding hydrogens is 264 g/mol. The summed E-state index contributed by atoms with van der Waals surface area (Å²) in [6.07, 6.45) is 2.96. The Bertz CT molecular complexity index is 584. The van der Waals surface area contributed by atoms with Gasteiger partial charge in [-0.1, -0.05) is 31.2 Å². The monoisotopic (exact) mass is 286 g/mol. The first-order chi connectivity index (χ1) is 10.4. The van der Waals surface area contributed by atoms with Crippen LogP contribution in [-0.2, 0) is 4.74 Å². The lowest BCUT2D eigenvalue weighted by atomic mass is 10.1. The van der Waals surface area contributed by atoms with Gasteiger partial charge in [-0.25, -0.2) is 0 Å². The van der Waals surface area contributed by atoms with Crippen LogP contribution in [0.3, 0.4) is 0 Å². The Balaban J connectivity index is 1.87. The molecule has 5 nitrogen and oxygen atoms in total. The van der Waals surface area contributed by atoms with Gasteiger partial charge in [0.05, 0.1) is 25.5 Å². The fraction of sp³-hybridized carbons (Fsp3) is 0.500. The molecule has 112 valence electrons. The zero-order valence-corrected chi connectivity index (χ0v) is 12.5. The van der Waals surface area contributed by atoms with Crippen molar-refractivity contribution < 1.29 is 4.74 Å². The summed E-state index contributed by atoms with van der Waals surface area (Å²) >= 11 is 0. The summed E-state index contributed by atoms with van der Waals surface area (Å²) in [6.45, 7) is 6.47. The number of anilines is 1. The van der Waals surface area contributed by atoms with Gasteiger partial charge < -0.3 is 15.0 Å². The Morgan fingerprint density at radius 3 is 3.19 bits per heavy atom. The molecule has 0 amide bonds. The number of nitrogens with one attached hydrogen (secondary N) is 1. The second-order valence-corrected chi connectivity index (χ2v) is 5.38. The molecule has 0 bridgehead atoms. The lowest BCUT2D eigenvalue weighted by Crippen LogP contribution is -2.51. The number of nitrogens with zero attached hydrogens (tertiary/aromatic N) is 3. The van der Waals surface area contributed by atoms with Crippen molar-refractivity contribution in [2.75, 3.05) is 37.7 Å². The molecule has 1 saturated heterocycles. The van der Waals surface area contributed by atoms with E-state index in [1.54, 1.807) is 0 Å². The molecule has 2 heterocycles. The van der Waals surface area contributed by atoms with Gasteiger partial charge in [0, 0.05) is 23.9 Å². The van der Waals surface area contributed by atoms with Crippen LogP contribution >= 0.6 is 0 Å². The minimum atomic E-state index is 0.311. The van der Waals surface area contributed by atoms with Crippen LogP contribution in [0.25, 0.3) is 10.8 Å². The van der Waals surface area contributed by atoms with Crippen molar-refractivity contribution in [1.82, 2.24) is 15.5 Å². The van der Waals surface area contributed by atoms with Gasteiger partial charge in [0.1, 0.15) is 0 Å². The molecular formula is C16H22N4O. The predicted molar refractivity (Wildman–Crippen MR) is 84.7 cm³/mol. The number of rotatable bonds is 5. The summed E-state index contributed by atoms with van der Waals surface area (Å²) in [7, 11) is 0. The highest BCUT2D eigenvalue weighted by Gasteiger charge is 2.25. The second-order valence-electron chi connectivity index (χ2n) is 5.38. The molecule has 0 spiro atoms. The molecule has 1 aliphatic heterocycles. The smallest absolute Gasteiger partial charge is 0.159 e. The van der Waals surface area contributed by atoms with Crippen molar-refractivity contribution in [2.24, 2.45) is 0 Å². The molecule has 1 fully saturated rings. The first kappa shape index (κ1) is 14.2. The predicted octanol–water partition coefficient (Wildman–Crippen LogP) is 1.83. The van der Waals surface area contributed by atoms with E-state index in [0.717, 1.165) is 55.9 Å². The minimum Gasteiger partial charge on any atom is -0.377 e. The second kappa shape index (κ2) is 6.83. The third kappa shape index (κ3) is 3.14. The van der Waals surface area contributed by atoms with Crippen molar-refractivity contribution in [1.29, 1.82) is 0 Å². The Labute approximate surface area is 125 Å². The van der Waals surface area contributed by atoms with Crippen molar-refractivity contribution in [2.45, 2.75) is 19.4 Å². The fourth-order valence-electron chi connectivity index (χ4n) is 2.77. The van der Waals surface area contributed by atoms with E-state index in [0.29, 0.717) is 6.04 Å². The minimum absolute atomic E-state index is 0.311. The summed E-state index contributed by atoms with van der Waals surface area (Å²) in [4.78, 5) is 2.33. The first-order valence-electron chi connectivity index (χ1n) is 7.65. The average Bonchev–Trinajstić information content (AvgIpc) is 2.55. The van der Waals surface area contributed by atoms with Gasteiger partial charge in [-0.3, -0.25) is 0 Å². The van der Waals surface area contributed by atoms with Crippen LogP contribution < -0.4 is 10.2 Å². The van der Waals surface area contributed by atoms with Crippen LogP contribution in [0.2, 0.25) is 0 Å². The highest BCUT2D eigenvalue weighted by atomic mass is 16.5. The Hall–Kier alpha value is -1.72. The van der Waals surface area contributed by atoms with Gasteiger partial charge in [0.25, 0.3) is 0 Å². The van der Waals surface area contributed by atoms with Crippen molar-refractivity contribution >= 4 is 16.6 Å². The molecule has 1 atom stereocenters. The number of aromatic nitrogens is 2. The first-order valence-corrected chi connectivity index (χ1v) is 7.65. The van der Waals surface area contributed by atoms with Crippen LogP contribution in [0.15, 0.2) is 30.5 Å². The van der Waals surface area contributed by atoms with Crippen LogP contribution in [0.1, 0.15) is 13.3 Å². The average molecular weight is 286 g/mol. The third-order valence-electron chi connectivity index (χ3n) is 3.86. The van der Waals surface area contributed by atoms with E-state index in [1.807, 2.05) is 12.3 Å². The normalized spacial score (nSPS) is 19.1. The molecule has 2 aromatic rings. The van der Waals surface area contributed by atoms with Gasteiger partial charge in [-0.15, -0.1) is 5.10 Å². The van der Waals surface area contributed by atoms with Gasteiger partial charge in [0.2, 0.25) is 0 Å². The topological polar surface area (TPSA) is 50.3 Å². The van der Waals surface area contributed by atoms with Crippen LogP contribution in [0.5, 0.6) is 0 Å². The van der Waals surface area contributed by atoms with Gasteiger partial charge >= 0.3 is 0 Å². The maximum atomic E-state index is 5.65. The zero-order valence-electron chi connectivity index (χ0n) is 12.5. The highest BCUT2D eigenvalue weighted by molar-refractivity contribution is 5.91. The van der Waals surface area contributed by atoms with Crippen LogP contribution in [0, 0.1) is 0 Å². The van der Waals surface area contributed by atoms with Gasteiger partial charge in [-0.05, 0) is 13.0 Å². The van der Waals surface area contributed by atoms with E-state index in [2.05, 4.69) is 45.5 Å². The van der Waals surface area contributed by atoms with E-state index in [-0.39, 0.29) is 0 Å². The number of fused-ring (bicyclic) bond motifs is 1. The molecule has 1 aliphatic rings. The molecule has 5 heteroatoms. The third-order valence-corrected chi connectivity index (χ3v) is 3.86. The number of hydrogen-bond donors (Lipinski definition) is 1. The number of hydrogen-bond acceptors (Lipinski definition) is 5. The van der Waals surface area contributed by atoms with E-state index < -0.39 is 0 Å². The van der Waals surface area contributed by atoms with Crippen molar-refractivity contribution in [3.63, 3.8) is 0 Å². The standard InChI is InChI=1S/C16H22N4O/c1-2-7-17-11-14-12-21-9-8-20(14)16-15-6-4-3-5-13(15)10-18-19-16/h3-6,10,14,17H,2,7-9,11-12H2,1H3. The maximum Gasteiger partial charge on any atom is 0.159 e. The van der Waals surface area contributed by atoms with Crippen molar-refractivity contribution in [3.05, 3.63) is 30.5 Å². The van der Waals surface area contributed by atoms with Gasteiger partial charge in [-0.2, -0.15) is 5.10 Å². The molecule has 1 aromatic heterocycles. The fourth-order valence-corrected chi connectivity index (χ4v) is 2.77. The highest BCUT2D eigenvalue weighted by Crippen LogP contribution is 2.25. The largest absolute Gasteiger partial charge is 0.377 e. The molecule has 0 radical (unpaired) electrons. The Morgan fingerprint density at radius 2 is 2.29 bits per heavy atom. The van der Waals surface area contributed by atoms with E-state index >= 15 is 0 Å². The maximum absolute atomic E-state index is 5.65. The Morgan fingerprint density at radius 1 is 1.38 bits per heavy atom. The summed E-state index contributed by atoms with van der Waals surface area (Å²) in [5.41, 5.74) is 0. The number of morpholine rings is 1. The number of benzene rings is 1. The van der Waals surface area contributed by atoms with Crippen LogP contribution in [0.4, 0.5) is 5.82 Å². The van der Waals surface area contributed by atoms with Crippen LogP contribution in [-0.4, -0.2) is 49.1 Å². The molecule has 0 aliphatic carbocycles. The SMILES string of the molecule is CCCNCC1COCCN1c1nncc2ccccc12. The summed E-state index contributed by atoms with van der Waals surface area (Å²) < 4.78 is 5.65. The van der Waals surface area contributed by atoms with Crippen molar-refractivity contribution in [3.8, 4) is 0 Å². The molecule has 1 aromatic carbocycles.